The molecule has 0 bridgehead atoms. The Kier molecular flexibility index (Phi) is 5.42. The monoisotopic (exact) mass is 462 g/mol. The summed E-state index contributed by atoms with van der Waals surface area (Å²) in [4.78, 5) is 34.0. The summed E-state index contributed by atoms with van der Waals surface area (Å²) >= 11 is 6.09. The zero-order valence-corrected chi connectivity index (χ0v) is 17.3. The number of hydrogen-bond acceptors (Lipinski definition) is 6. The van der Waals surface area contributed by atoms with Crippen molar-refractivity contribution >= 4 is 67.2 Å². The third-order valence-electron chi connectivity index (χ3n) is 3.92. The molecule has 27 heavy (non-hydrogen) atoms. The molecule has 9 heteroatoms. The fourth-order valence-corrected chi connectivity index (χ4v) is 4.49. The van der Waals surface area contributed by atoms with Gasteiger partial charge in [0.15, 0.2) is 10.3 Å². The van der Waals surface area contributed by atoms with E-state index < -0.39 is 0 Å². The molecule has 1 saturated heterocycles. The van der Waals surface area contributed by atoms with E-state index in [1.54, 1.807) is 12.3 Å². The van der Waals surface area contributed by atoms with E-state index in [2.05, 4.69) is 36.5 Å². The number of hydrogen-bond donors (Lipinski definition) is 2. The van der Waals surface area contributed by atoms with Crippen LogP contribution in [0.4, 0.5) is 5.13 Å². The summed E-state index contributed by atoms with van der Waals surface area (Å²) in [5.74, 6) is -0.0145. The Labute approximate surface area is 172 Å². The van der Waals surface area contributed by atoms with Gasteiger partial charge in [0.25, 0.3) is 5.91 Å². The number of nitrogens with one attached hydrogen (secondary N) is 2. The number of rotatable bonds is 5. The second kappa shape index (κ2) is 7.95. The summed E-state index contributed by atoms with van der Waals surface area (Å²) in [5.41, 5.74) is 1.06. The largest absolute Gasteiger partial charge is 0.302 e. The molecule has 1 aliphatic heterocycles. The lowest BCUT2D eigenvalue weighted by molar-refractivity contribution is -0.117. The Balaban J connectivity index is 1.40. The van der Waals surface area contributed by atoms with Crippen molar-refractivity contribution in [2.24, 2.45) is 10.9 Å². The maximum atomic E-state index is 12.2. The highest BCUT2D eigenvalue weighted by Gasteiger charge is 2.30. The molecular formula is C18H15BrN4O2S2. The van der Waals surface area contributed by atoms with E-state index in [4.69, 9.17) is 0 Å². The van der Waals surface area contributed by atoms with Gasteiger partial charge in [-0.3, -0.25) is 14.6 Å². The molecule has 138 valence electrons. The highest BCUT2D eigenvalue weighted by atomic mass is 79.9. The number of thioether (sulfide) groups is 1. The molecule has 1 aromatic carbocycles. The predicted octanol–water partition coefficient (Wildman–Crippen LogP) is 4.01. The molecule has 0 radical (unpaired) electrons. The highest BCUT2D eigenvalue weighted by Crippen LogP contribution is 2.32. The van der Waals surface area contributed by atoms with Gasteiger partial charge in [0.05, 0.1) is 16.3 Å². The van der Waals surface area contributed by atoms with Crippen LogP contribution in [0.15, 0.2) is 44.8 Å². The molecule has 1 aliphatic carbocycles. The van der Waals surface area contributed by atoms with E-state index in [1.165, 1.54) is 23.1 Å². The van der Waals surface area contributed by atoms with Crippen molar-refractivity contribution in [1.82, 2.24) is 10.3 Å². The maximum Gasteiger partial charge on any atom is 0.264 e. The van der Waals surface area contributed by atoms with Crippen LogP contribution < -0.4 is 10.6 Å². The summed E-state index contributed by atoms with van der Waals surface area (Å²) < 4.78 is 0.999. The van der Waals surface area contributed by atoms with E-state index in [1.807, 2.05) is 24.3 Å². The fraction of sp³-hybridized carbons (Fsp3) is 0.222. The Bertz CT molecular complexity index is 966. The van der Waals surface area contributed by atoms with Crippen LogP contribution in [-0.4, -0.2) is 22.0 Å². The Morgan fingerprint density at radius 2 is 2.30 bits per heavy atom. The lowest BCUT2D eigenvalue weighted by atomic mass is 10.2. The van der Waals surface area contributed by atoms with Gasteiger partial charge >= 0.3 is 0 Å². The zero-order chi connectivity index (χ0) is 18.8. The average Bonchev–Trinajstić information content (AvgIpc) is 3.32. The van der Waals surface area contributed by atoms with Gasteiger partial charge in [-0.25, -0.2) is 4.98 Å². The quantitative estimate of drug-likeness (QED) is 0.657. The number of amides is 2. The van der Waals surface area contributed by atoms with Gasteiger partial charge < -0.3 is 10.6 Å². The number of carbonyl (C=O) groups is 2. The lowest BCUT2D eigenvalue weighted by Gasteiger charge is -1.98. The number of benzene rings is 1. The molecule has 2 amide bonds. The third kappa shape index (κ3) is 4.85. The first-order valence-electron chi connectivity index (χ1n) is 8.33. The van der Waals surface area contributed by atoms with Crippen LogP contribution in [-0.2, 0) is 16.1 Å². The summed E-state index contributed by atoms with van der Waals surface area (Å²) in [7, 11) is 0. The van der Waals surface area contributed by atoms with Crippen LogP contribution in [0.3, 0.4) is 0 Å². The molecule has 0 unspecified atom stereocenters. The van der Waals surface area contributed by atoms with Crippen molar-refractivity contribution in [2.45, 2.75) is 19.4 Å². The molecule has 4 rings (SSSR count). The van der Waals surface area contributed by atoms with E-state index in [9.17, 15) is 9.59 Å². The first-order chi connectivity index (χ1) is 13.1. The number of aromatic nitrogens is 1. The number of nitrogens with zero attached hydrogens (tertiary/aromatic N) is 2. The number of halogens is 1. The topological polar surface area (TPSA) is 83.4 Å². The molecular weight excluding hydrogens is 448 g/mol. The second-order valence-electron chi connectivity index (χ2n) is 6.15. The third-order valence-corrected chi connectivity index (χ3v) is 6.22. The Hall–Kier alpha value is -1.97. The lowest BCUT2D eigenvalue weighted by Crippen LogP contribution is -2.19. The Morgan fingerprint density at radius 1 is 1.44 bits per heavy atom. The molecule has 6 nitrogen and oxygen atoms in total. The predicted molar refractivity (Wildman–Crippen MR) is 112 cm³/mol. The van der Waals surface area contributed by atoms with E-state index >= 15 is 0 Å². The average molecular weight is 463 g/mol. The number of thiazole rings is 1. The molecule has 0 atom stereocenters. The van der Waals surface area contributed by atoms with Gasteiger partial charge in [-0.05, 0) is 48.4 Å². The molecule has 0 spiro atoms. The highest BCUT2D eigenvalue weighted by molar-refractivity contribution is 9.10. The minimum Gasteiger partial charge on any atom is -0.302 e. The molecule has 2 heterocycles. The van der Waals surface area contributed by atoms with Gasteiger partial charge in [0.1, 0.15) is 0 Å². The van der Waals surface area contributed by atoms with Gasteiger partial charge in [-0.15, -0.1) is 0 Å². The fourth-order valence-electron chi connectivity index (χ4n) is 2.39. The Morgan fingerprint density at radius 3 is 3.07 bits per heavy atom. The molecule has 2 fully saturated rings. The molecule has 1 saturated carbocycles. The molecule has 2 aliphatic rings. The molecule has 2 N–H and O–H groups in total. The number of amidine groups is 1. The van der Waals surface area contributed by atoms with Crippen molar-refractivity contribution in [1.29, 1.82) is 0 Å². The number of aliphatic imine (C=N–C) groups is 1. The van der Waals surface area contributed by atoms with Crippen LogP contribution in [0.2, 0.25) is 0 Å². The maximum absolute atomic E-state index is 12.2. The SMILES string of the molecule is O=C1N/C(=N/Cc2cccc(Br)c2)S/C1=C\c1cnc(NC(=O)C2CC2)s1. The molecule has 1 aromatic heterocycles. The van der Waals surface area contributed by atoms with E-state index in [-0.39, 0.29) is 17.7 Å². The summed E-state index contributed by atoms with van der Waals surface area (Å²) in [6.45, 7) is 0.493. The minimum absolute atomic E-state index is 0.0264. The van der Waals surface area contributed by atoms with Crippen LogP contribution in [0.1, 0.15) is 23.3 Å². The van der Waals surface area contributed by atoms with Crippen molar-refractivity contribution in [3.63, 3.8) is 0 Å². The summed E-state index contributed by atoms with van der Waals surface area (Å²) in [6.07, 6.45) is 5.33. The first-order valence-corrected chi connectivity index (χ1v) is 10.8. The second-order valence-corrected chi connectivity index (χ2v) is 9.16. The van der Waals surface area contributed by atoms with Gasteiger partial charge in [-0.1, -0.05) is 39.4 Å². The van der Waals surface area contributed by atoms with Crippen LogP contribution in [0.25, 0.3) is 6.08 Å². The van der Waals surface area contributed by atoms with Crippen LogP contribution in [0.5, 0.6) is 0 Å². The van der Waals surface area contributed by atoms with Crippen molar-refractivity contribution in [3.8, 4) is 0 Å². The standard InChI is InChI=1S/C18H15BrN4O2S2/c19-12-3-1-2-10(6-12)8-20-18-23-16(25)14(27-18)7-13-9-21-17(26-13)22-15(24)11-4-5-11/h1-3,6-7,9,11H,4-5,8H2,(H,20,23,25)(H,21,22,24)/b14-7-. The van der Waals surface area contributed by atoms with Gasteiger partial charge in [0, 0.05) is 16.6 Å². The molecule has 2 aromatic rings. The zero-order valence-electron chi connectivity index (χ0n) is 14.1. The van der Waals surface area contributed by atoms with Crippen molar-refractivity contribution in [2.75, 3.05) is 5.32 Å². The van der Waals surface area contributed by atoms with Crippen molar-refractivity contribution in [3.05, 3.63) is 50.3 Å². The van der Waals surface area contributed by atoms with Gasteiger partial charge in [-0.2, -0.15) is 0 Å². The minimum atomic E-state index is -0.176. The number of carbonyl (C=O) groups excluding carboxylic acids is 2. The van der Waals surface area contributed by atoms with Crippen LogP contribution >= 0.6 is 39.0 Å². The summed E-state index contributed by atoms with van der Waals surface area (Å²) in [5, 5.41) is 6.74. The number of anilines is 1. The summed E-state index contributed by atoms with van der Waals surface area (Å²) in [6, 6.07) is 7.90. The van der Waals surface area contributed by atoms with Gasteiger partial charge in [0.2, 0.25) is 5.91 Å². The first kappa shape index (κ1) is 18.4. The van der Waals surface area contributed by atoms with E-state index in [0.717, 1.165) is 27.8 Å². The smallest absolute Gasteiger partial charge is 0.264 e. The van der Waals surface area contributed by atoms with Crippen LogP contribution in [0, 0.1) is 5.92 Å². The van der Waals surface area contributed by atoms with Crippen molar-refractivity contribution < 1.29 is 9.59 Å². The van der Waals surface area contributed by atoms with E-state index in [0.29, 0.717) is 21.7 Å². The normalized spacial score (nSPS) is 19.5.